The Bertz CT molecular complexity index is 1430. The summed E-state index contributed by atoms with van der Waals surface area (Å²) in [6.07, 6.45) is 12.6. The topological polar surface area (TPSA) is 86.7 Å². The van der Waals surface area contributed by atoms with Crippen molar-refractivity contribution in [2.75, 3.05) is 19.7 Å². The Morgan fingerprint density at radius 1 is 0.964 bits per heavy atom. The highest BCUT2D eigenvalue weighted by Gasteiger charge is 2.85. The van der Waals surface area contributed by atoms with E-state index in [1.54, 1.807) is 13.8 Å². The molecule has 314 valence electrons. The van der Waals surface area contributed by atoms with E-state index in [-0.39, 0.29) is 52.9 Å². The summed E-state index contributed by atoms with van der Waals surface area (Å²) >= 11 is 0. The van der Waals surface area contributed by atoms with E-state index in [0.29, 0.717) is 34.5 Å². The minimum Gasteiger partial charge on any atom is -0.457 e. The van der Waals surface area contributed by atoms with Gasteiger partial charge in [0.05, 0.1) is 36.6 Å². The average molecular weight is 786 g/mol. The molecule has 0 aromatic rings. The van der Waals surface area contributed by atoms with Gasteiger partial charge in [-0.05, 0) is 142 Å². The second kappa shape index (κ2) is 14.0. The molecule has 0 aromatic carbocycles. The summed E-state index contributed by atoms with van der Waals surface area (Å²) in [5.41, 5.74) is -0.378. The Hall–Kier alpha value is -0.553. The molecule has 1 N–H and O–H groups in total. The van der Waals surface area contributed by atoms with E-state index >= 15 is 0 Å². The molecule has 8 aliphatic rings. The molecule has 9 heteroatoms. The molecule has 0 aromatic heterocycles. The van der Waals surface area contributed by atoms with Crippen molar-refractivity contribution in [3.63, 3.8) is 0 Å². The van der Waals surface area contributed by atoms with E-state index in [1.807, 2.05) is 0 Å². The molecule has 8 fully saturated rings. The molecular weight excluding hydrogens is 707 g/mol. The Morgan fingerprint density at radius 3 is 2.25 bits per heavy atom. The van der Waals surface area contributed by atoms with Crippen molar-refractivity contribution in [2.24, 2.45) is 50.7 Å². The van der Waals surface area contributed by atoms with E-state index in [4.69, 9.17) is 23.4 Å². The van der Waals surface area contributed by atoms with Crippen LogP contribution >= 0.6 is 0 Å². The van der Waals surface area contributed by atoms with Crippen molar-refractivity contribution in [1.29, 1.82) is 0 Å². The van der Waals surface area contributed by atoms with Crippen LogP contribution < -0.4 is 0 Å². The molecule has 2 spiro atoms. The number of morpholine rings is 1. The van der Waals surface area contributed by atoms with Gasteiger partial charge in [-0.3, -0.25) is 9.69 Å². The number of hydrogen-bond acceptors (Lipinski definition) is 8. The van der Waals surface area contributed by atoms with Crippen LogP contribution in [0, 0.1) is 50.7 Å². The summed E-state index contributed by atoms with van der Waals surface area (Å²) in [6.45, 7) is 27.7. The lowest BCUT2D eigenvalue weighted by Gasteiger charge is -2.64. The van der Waals surface area contributed by atoms with Crippen LogP contribution in [-0.2, 0) is 28.2 Å². The highest BCUT2D eigenvalue weighted by atomic mass is 28.4. The zero-order chi connectivity index (χ0) is 39.6. The van der Waals surface area contributed by atoms with Gasteiger partial charge in [0.15, 0.2) is 20.7 Å². The molecule has 0 amide bonds. The summed E-state index contributed by atoms with van der Waals surface area (Å²) in [4.78, 5) is 15.1. The number of fused-ring (bicyclic) bond motifs is 4. The Morgan fingerprint density at radius 2 is 1.64 bits per heavy atom. The van der Waals surface area contributed by atoms with E-state index in [9.17, 15) is 9.90 Å². The SMILES string of the molecule is CC[Si](CC)(CC)O[C@H]1[C@H]2O[C@@H]([C@H](OC(C)=O)C(C)(C)O)C[C@@H](C)[C@@H]2[C@@]2(C)CC[C@@]34CC35CC[C@H](O[C@H]3CN(C6CCC6)CCO3)C(C)(C)[C@@H]5CC[C@H]4[C@]12C. The number of hydrogen-bond donors (Lipinski definition) is 1. The lowest BCUT2D eigenvalue weighted by atomic mass is 9.41. The predicted molar refractivity (Wildman–Crippen MR) is 218 cm³/mol. The van der Waals surface area contributed by atoms with Crippen LogP contribution in [0.25, 0.3) is 0 Å². The average Bonchev–Trinajstić information content (AvgIpc) is 3.73. The van der Waals surface area contributed by atoms with Gasteiger partial charge in [-0.25, -0.2) is 0 Å². The Balaban J connectivity index is 1.11. The van der Waals surface area contributed by atoms with Gasteiger partial charge in [-0.15, -0.1) is 0 Å². The van der Waals surface area contributed by atoms with Crippen molar-refractivity contribution in [2.45, 2.75) is 213 Å². The third kappa shape index (κ3) is 6.01. The van der Waals surface area contributed by atoms with Crippen LogP contribution in [0.2, 0.25) is 18.1 Å². The van der Waals surface area contributed by atoms with Gasteiger partial charge < -0.3 is 28.5 Å². The first-order valence-electron chi connectivity index (χ1n) is 23.1. The van der Waals surface area contributed by atoms with Gasteiger partial charge in [0.1, 0.15) is 0 Å². The monoisotopic (exact) mass is 786 g/mol. The van der Waals surface area contributed by atoms with Crippen LogP contribution in [-0.4, -0.2) is 92.4 Å². The summed E-state index contributed by atoms with van der Waals surface area (Å²) in [6, 6.07) is 4.07. The van der Waals surface area contributed by atoms with Crippen LogP contribution in [0.5, 0.6) is 0 Å². The molecule has 8 nitrogen and oxygen atoms in total. The largest absolute Gasteiger partial charge is 0.457 e. The third-order valence-electron chi connectivity index (χ3n) is 19.3. The van der Waals surface area contributed by atoms with E-state index in [1.165, 1.54) is 64.7 Å². The van der Waals surface area contributed by atoms with Gasteiger partial charge in [0.25, 0.3) is 0 Å². The molecule has 2 saturated heterocycles. The molecule has 2 aliphatic heterocycles. The third-order valence-corrected chi connectivity index (χ3v) is 24.0. The van der Waals surface area contributed by atoms with Crippen LogP contribution in [0.4, 0.5) is 0 Å². The van der Waals surface area contributed by atoms with Gasteiger partial charge >= 0.3 is 5.97 Å². The first-order valence-corrected chi connectivity index (χ1v) is 25.6. The van der Waals surface area contributed by atoms with Crippen LogP contribution in [0.1, 0.15) is 147 Å². The van der Waals surface area contributed by atoms with E-state index in [2.05, 4.69) is 60.3 Å². The second-order valence-corrected chi connectivity index (χ2v) is 26.8. The molecule has 14 atom stereocenters. The summed E-state index contributed by atoms with van der Waals surface area (Å²) < 4.78 is 34.6. The molecule has 6 aliphatic carbocycles. The van der Waals surface area contributed by atoms with Crippen molar-refractivity contribution >= 4 is 14.3 Å². The van der Waals surface area contributed by atoms with Crippen molar-refractivity contribution < 1.29 is 33.3 Å². The van der Waals surface area contributed by atoms with Gasteiger partial charge in [-0.2, -0.15) is 0 Å². The molecule has 55 heavy (non-hydrogen) atoms. The predicted octanol–water partition coefficient (Wildman–Crippen LogP) is 9.13. The summed E-state index contributed by atoms with van der Waals surface area (Å²) in [7, 11) is -2.06. The number of rotatable bonds is 11. The first-order chi connectivity index (χ1) is 25.9. The maximum Gasteiger partial charge on any atom is 0.303 e. The molecule has 8 rings (SSSR count). The van der Waals surface area contributed by atoms with Crippen molar-refractivity contribution in [3.05, 3.63) is 0 Å². The maximum absolute atomic E-state index is 12.4. The highest BCUT2D eigenvalue weighted by molar-refractivity contribution is 6.73. The number of carbonyl (C=O) groups is 1. The number of esters is 1. The fourth-order valence-corrected chi connectivity index (χ4v) is 18.9. The smallest absolute Gasteiger partial charge is 0.303 e. The molecule has 6 saturated carbocycles. The fraction of sp³-hybridized carbons (Fsp3) is 0.978. The van der Waals surface area contributed by atoms with Crippen LogP contribution in [0.3, 0.4) is 0 Å². The second-order valence-electron chi connectivity index (χ2n) is 22.1. The highest BCUT2D eigenvalue weighted by Crippen LogP contribution is 2.89. The number of nitrogens with zero attached hydrogens (tertiary/aromatic N) is 1. The summed E-state index contributed by atoms with van der Waals surface area (Å²) in [5.74, 6) is 1.59. The number of carbonyl (C=O) groups excluding carboxylic acids is 1. The van der Waals surface area contributed by atoms with Crippen molar-refractivity contribution in [1.82, 2.24) is 4.90 Å². The molecular formula is C46H79NO7Si. The molecule has 0 radical (unpaired) electrons. The van der Waals surface area contributed by atoms with E-state index in [0.717, 1.165) is 56.7 Å². The quantitative estimate of drug-likeness (QED) is 0.164. The lowest BCUT2D eigenvalue weighted by Crippen LogP contribution is -2.61. The van der Waals surface area contributed by atoms with Crippen molar-refractivity contribution in [3.8, 4) is 0 Å². The Labute approximate surface area is 335 Å². The zero-order valence-electron chi connectivity index (χ0n) is 36.7. The lowest BCUT2D eigenvalue weighted by molar-refractivity contribution is -0.252. The molecule has 2 heterocycles. The normalized spacial score (nSPS) is 47.3. The minimum atomic E-state index is -2.06. The fourth-order valence-electron chi connectivity index (χ4n) is 16.0. The summed E-state index contributed by atoms with van der Waals surface area (Å²) in [5, 5.41) is 11.4. The van der Waals surface area contributed by atoms with Gasteiger partial charge in [0.2, 0.25) is 0 Å². The first kappa shape index (κ1) is 41.2. The minimum absolute atomic E-state index is 0.00910. The zero-order valence-corrected chi connectivity index (χ0v) is 37.7. The molecule has 1 unspecified atom stereocenters. The maximum atomic E-state index is 12.4. The Kier molecular flexibility index (Phi) is 10.5. The standard InChI is InChI=1S/C46H79NO7Si/c1-12-55(13-2,14-3)54-40-38-37(29(4)26-32(52-38)39(42(8,9)49)51-30(5)48)43(10)22-23-46-28-45(46)21-20-35(41(6,7)33(45)18-19-34(46)44(40,43)11)53-36-27-47(24-25-50-36)31-16-15-17-31/h29,31-40,49H,12-28H2,1-11H3/t29-,32-,33+,34+,35+,36+,37+,38+,39+,40+,43-,44-,45?,46+/m1/s1. The van der Waals surface area contributed by atoms with E-state index < -0.39 is 20.0 Å². The van der Waals surface area contributed by atoms with Gasteiger partial charge in [0, 0.05) is 31.5 Å². The molecule has 0 bridgehead atoms. The number of aliphatic hydroxyl groups is 1. The number of ether oxygens (including phenoxy) is 4. The van der Waals surface area contributed by atoms with Gasteiger partial charge in [-0.1, -0.05) is 61.8 Å². The van der Waals surface area contributed by atoms with Crippen LogP contribution in [0.15, 0.2) is 0 Å².